The zero-order chi connectivity index (χ0) is 14.4. The van der Waals surface area contributed by atoms with Gasteiger partial charge in [0.2, 0.25) is 5.91 Å². The van der Waals surface area contributed by atoms with Crippen LogP contribution in [0.3, 0.4) is 0 Å². The number of hydrogen-bond acceptors (Lipinski definition) is 3. The molecule has 0 spiro atoms. The molecule has 0 bridgehead atoms. The molecule has 0 fully saturated rings. The lowest BCUT2D eigenvalue weighted by Gasteiger charge is -2.03. The van der Waals surface area contributed by atoms with Crippen molar-refractivity contribution < 1.29 is 4.79 Å². The molecule has 102 valence electrons. The first-order valence-electron chi connectivity index (χ1n) is 6.43. The molecule has 1 aromatic carbocycles. The molecule has 0 aliphatic carbocycles. The predicted octanol–water partition coefficient (Wildman–Crippen LogP) is 2.29. The van der Waals surface area contributed by atoms with Crippen LogP contribution in [0.2, 0.25) is 0 Å². The average molecular weight is 268 g/mol. The number of nitrogens with one attached hydrogen (secondary N) is 1. The molecule has 0 unspecified atom stereocenters. The number of nitriles is 1. The number of aromatic nitrogens is 2. The molecule has 0 saturated carbocycles. The van der Waals surface area contributed by atoms with E-state index in [2.05, 4.69) is 10.4 Å². The molecule has 0 aliphatic heterocycles. The Hall–Kier alpha value is -2.61. The Bertz CT molecular complexity index is 622. The van der Waals surface area contributed by atoms with Gasteiger partial charge < -0.3 is 5.32 Å². The van der Waals surface area contributed by atoms with E-state index in [1.807, 2.05) is 37.3 Å². The van der Waals surface area contributed by atoms with Gasteiger partial charge in [0.1, 0.15) is 6.54 Å². The molecule has 0 atom stereocenters. The fourth-order valence-electron chi connectivity index (χ4n) is 1.81. The van der Waals surface area contributed by atoms with Crippen molar-refractivity contribution in [3.63, 3.8) is 0 Å². The van der Waals surface area contributed by atoms with Gasteiger partial charge in [0.15, 0.2) is 5.82 Å². The predicted molar refractivity (Wildman–Crippen MR) is 76.0 cm³/mol. The van der Waals surface area contributed by atoms with Gasteiger partial charge in [0.05, 0.1) is 6.07 Å². The van der Waals surface area contributed by atoms with Crippen molar-refractivity contribution in [2.45, 2.75) is 26.3 Å². The highest BCUT2D eigenvalue weighted by molar-refractivity contribution is 5.89. The van der Waals surface area contributed by atoms with Gasteiger partial charge >= 0.3 is 0 Å². The van der Waals surface area contributed by atoms with E-state index in [9.17, 15) is 4.79 Å². The summed E-state index contributed by atoms with van der Waals surface area (Å²) in [6, 6.07) is 11.8. The van der Waals surface area contributed by atoms with Crippen LogP contribution in [0.1, 0.15) is 17.5 Å². The minimum atomic E-state index is -0.0761. The maximum Gasteiger partial charge on any atom is 0.225 e. The summed E-state index contributed by atoms with van der Waals surface area (Å²) in [5.74, 6) is 0.405. The number of carbonyl (C=O) groups is 1. The van der Waals surface area contributed by atoms with Gasteiger partial charge in [0, 0.05) is 18.7 Å². The van der Waals surface area contributed by atoms with Crippen LogP contribution in [0.15, 0.2) is 36.5 Å². The Morgan fingerprint density at radius 2 is 2.10 bits per heavy atom. The van der Waals surface area contributed by atoms with E-state index in [0.29, 0.717) is 18.7 Å². The van der Waals surface area contributed by atoms with Crippen LogP contribution in [0, 0.1) is 18.3 Å². The first kappa shape index (κ1) is 13.8. The van der Waals surface area contributed by atoms with E-state index in [0.717, 1.165) is 5.56 Å². The van der Waals surface area contributed by atoms with Crippen molar-refractivity contribution in [2.75, 3.05) is 5.32 Å². The van der Waals surface area contributed by atoms with Gasteiger partial charge in [-0.15, -0.1) is 0 Å². The Kier molecular flexibility index (Phi) is 4.51. The van der Waals surface area contributed by atoms with Crippen molar-refractivity contribution in [1.29, 1.82) is 5.26 Å². The summed E-state index contributed by atoms with van der Waals surface area (Å²) in [4.78, 5) is 11.8. The highest BCUT2D eigenvalue weighted by atomic mass is 16.1. The van der Waals surface area contributed by atoms with E-state index in [-0.39, 0.29) is 12.5 Å². The molecule has 2 rings (SSSR count). The number of amides is 1. The SMILES string of the molecule is Cc1ccc(CCC(=O)Nc2ccn(CC#N)n2)cc1. The molecule has 1 amide bonds. The number of nitrogens with zero attached hydrogens (tertiary/aromatic N) is 3. The molecule has 1 heterocycles. The third kappa shape index (κ3) is 3.95. The number of aryl methyl sites for hydroxylation is 2. The lowest BCUT2D eigenvalue weighted by atomic mass is 10.1. The number of carbonyl (C=O) groups excluding carboxylic acids is 1. The van der Waals surface area contributed by atoms with Crippen LogP contribution < -0.4 is 5.32 Å². The van der Waals surface area contributed by atoms with Crippen LogP contribution in [0.5, 0.6) is 0 Å². The lowest BCUT2D eigenvalue weighted by Crippen LogP contribution is -2.13. The molecular weight excluding hydrogens is 252 g/mol. The van der Waals surface area contributed by atoms with Gasteiger partial charge in [-0.05, 0) is 18.9 Å². The second-order valence-electron chi connectivity index (χ2n) is 4.59. The highest BCUT2D eigenvalue weighted by Gasteiger charge is 2.05. The maximum absolute atomic E-state index is 11.8. The lowest BCUT2D eigenvalue weighted by molar-refractivity contribution is -0.116. The summed E-state index contributed by atoms with van der Waals surface area (Å²) in [7, 11) is 0. The summed E-state index contributed by atoms with van der Waals surface area (Å²) in [5, 5.41) is 15.3. The molecule has 1 N–H and O–H groups in total. The minimum absolute atomic E-state index is 0.0761. The summed E-state index contributed by atoms with van der Waals surface area (Å²) in [6.07, 6.45) is 2.78. The molecule has 2 aromatic rings. The summed E-state index contributed by atoms with van der Waals surface area (Å²) in [5.41, 5.74) is 2.35. The Balaban J connectivity index is 1.83. The largest absolute Gasteiger partial charge is 0.309 e. The smallest absolute Gasteiger partial charge is 0.225 e. The van der Waals surface area contributed by atoms with E-state index in [1.165, 1.54) is 10.2 Å². The zero-order valence-electron chi connectivity index (χ0n) is 11.3. The van der Waals surface area contributed by atoms with Crippen LogP contribution in [-0.2, 0) is 17.8 Å². The number of benzene rings is 1. The molecule has 0 aliphatic rings. The van der Waals surface area contributed by atoms with Gasteiger partial charge in [-0.2, -0.15) is 10.4 Å². The molecule has 1 aromatic heterocycles. The quantitative estimate of drug-likeness (QED) is 0.904. The molecule has 0 radical (unpaired) electrons. The van der Waals surface area contributed by atoms with Gasteiger partial charge in [0.25, 0.3) is 0 Å². The third-order valence-corrected chi connectivity index (χ3v) is 2.90. The molecule has 20 heavy (non-hydrogen) atoms. The standard InChI is InChI=1S/C15H16N4O/c1-12-2-4-13(5-3-12)6-7-15(20)17-14-8-10-19(18-14)11-9-16/h2-5,8,10H,6-7,11H2,1H3,(H,17,18,20). The van der Waals surface area contributed by atoms with Gasteiger partial charge in [-0.1, -0.05) is 29.8 Å². The van der Waals surface area contributed by atoms with Crippen LogP contribution in [-0.4, -0.2) is 15.7 Å². The van der Waals surface area contributed by atoms with Crippen molar-refractivity contribution in [3.05, 3.63) is 47.7 Å². The third-order valence-electron chi connectivity index (χ3n) is 2.90. The van der Waals surface area contributed by atoms with Gasteiger partial charge in [-0.3, -0.25) is 9.48 Å². The molecule has 0 saturated heterocycles. The van der Waals surface area contributed by atoms with Gasteiger partial charge in [-0.25, -0.2) is 0 Å². The van der Waals surface area contributed by atoms with E-state index >= 15 is 0 Å². The van der Waals surface area contributed by atoms with Crippen molar-refractivity contribution in [3.8, 4) is 6.07 Å². The van der Waals surface area contributed by atoms with Crippen LogP contribution >= 0.6 is 0 Å². The second-order valence-corrected chi connectivity index (χ2v) is 4.59. The Morgan fingerprint density at radius 3 is 2.80 bits per heavy atom. The van der Waals surface area contributed by atoms with Crippen molar-refractivity contribution >= 4 is 11.7 Å². The van der Waals surface area contributed by atoms with E-state index < -0.39 is 0 Å². The van der Waals surface area contributed by atoms with Crippen molar-refractivity contribution in [2.24, 2.45) is 0 Å². The summed E-state index contributed by atoms with van der Waals surface area (Å²) >= 11 is 0. The average Bonchev–Trinajstić information content (AvgIpc) is 2.86. The number of hydrogen-bond donors (Lipinski definition) is 1. The first-order chi connectivity index (χ1) is 9.67. The Morgan fingerprint density at radius 1 is 1.35 bits per heavy atom. The molecule has 5 heteroatoms. The van der Waals surface area contributed by atoms with E-state index in [4.69, 9.17) is 5.26 Å². The maximum atomic E-state index is 11.8. The second kappa shape index (κ2) is 6.53. The normalized spacial score (nSPS) is 10.0. The fraction of sp³-hybridized carbons (Fsp3) is 0.267. The van der Waals surface area contributed by atoms with Crippen LogP contribution in [0.25, 0.3) is 0 Å². The fourth-order valence-corrected chi connectivity index (χ4v) is 1.81. The summed E-state index contributed by atoms with van der Waals surface area (Å²) < 4.78 is 1.48. The minimum Gasteiger partial charge on any atom is -0.309 e. The highest BCUT2D eigenvalue weighted by Crippen LogP contribution is 2.08. The molecule has 5 nitrogen and oxygen atoms in total. The Labute approximate surface area is 117 Å². The number of anilines is 1. The zero-order valence-corrected chi connectivity index (χ0v) is 11.3. The summed E-state index contributed by atoms with van der Waals surface area (Å²) in [6.45, 7) is 2.22. The van der Waals surface area contributed by atoms with E-state index in [1.54, 1.807) is 12.3 Å². The first-order valence-corrected chi connectivity index (χ1v) is 6.43. The monoisotopic (exact) mass is 268 g/mol. The molecular formula is C15H16N4O. The number of rotatable bonds is 5. The van der Waals surface area contributed by atoms with Crippen molar-refractivity contribution in [1.82, 2.24) is 9.78 Å². The topological polar surface area (TPSA) is 70.7 Å². The van der Waals surface area contributed by atoms with Crippen LogP contribution in [0.4, 0.5) is 5.82 Å².